The molecule has 3 heterocycles. The first kappa shape index (κ1) is 17.4. The molecule has 0 radical (unpaired) electrons. The van der Waals surface area contributed by atoms with Crippen LogP contribution in [-0.4, -0.2) is 43.9 Å². The number of fused-ring (bicyclic) bond motifs is 2. The summed E-state index contributed by atoms with van der Waals surface area (Å²) in [7, 11) is -3.44. The van der Waals surface area contributed by atoms with E-state index in [0.29, 0.717) is 34.5 Å². The zero-order chi connectivity index (χ0) is 18.5. The first-order chi connectivity index (χ1) is 12.3. The molecule has 0 aliphatic carbocycles. The van der Waals surface area contributed by atoms with Gasteiger partial charge in [0.15, 0.2) is 0 Å². The Labute approximate surface area is 158 Å². The minimum Gasteiger partial charge on any atom is -0.330 e. The van der Waals surface area contributed by atoms with Crippen molar-refractivity contribution in [1.82, 2.24) is 4.90 Å². The van der Waals surface area contributed by atoms with Crippen molar-refractivity contribution in [2.75, 3.05) is 23.7 Å². The second-order valence-corrected chi connectivity index (χ2v) is 8.97. The molecule has 0 atom stereocenters. The van der Waals surface area contributed by atoms with Crippen LogP contribution in [0.5, 0.6) is 0 Å². The van der Waals surface area contributed by atoms with E-state index in [4.69, 9.17) is 0 Å². The highest BCUT2D eigenvalue weighted by Gasteiger charge is 2.30. The molecule has 1 aromatic carbocycles. The second kappa shape index (κ2) is 6.31. The van der Waals surface area contributed by atoms with Crippen molar-refractivity contribution < 1.29 is 17.6 Å². The Morgan fingerprint density at radius 1 is 1.23 bits per heavy atom. The van der Waals surface area contributed by atoms with Gasteiger partial charge in [0.25, 0.3) is 15.9 Å². The molecule has 3 aliphatic rings. The lowest BCUT2D eigenvalue weighted by atomic mass is 10.00. The molecular formula is C17H15BrFN3O3S. The summed E-state index contributed by atoms with van der Waals surface area (Å²) in [5.41, 5.74) is 1.49. The lowest BCUT2D eigenvalue weighted by molar-refractivity contribution is -0.115. The normalized spacial score (nSPS) is 20.8. The first-order valence-electron chi connectivity index (χ1n) is 8.13. The van der Waals surface area contributed by atoms with Gasteiger partial charge in [0.05, 0.1) is 17.0 Å². The van der Waals surface area contributed by atoms with Gasteiger partial charge in [-0.15, -0.1) is 4.40 Å². The van der Waals surface area contributed by atoms with E-state index in [2.05, 4.69) is 20.3 Å². The van der Waals surface area contributed by atoms with Crippen LogP contribution in [0, 0.1) is 5.82 Å². The lowest BCUT2D eigenvalue weighted by Gasteiger charge is -2.32. The zero-order valence-corrected chi connectivity index (χ0v) is 16.1. The van der Waals surface area contributed by atoms with Crippen LogP contribution in [0.4, 0.5) is 10.1 Å². The molecule has 3 aliphatic heterocycles. The fourth-order valence-electron chi connectivity index (χ4n) is 3.34. The monoisotopic (exact) mass is 439 g/mol. The fourth-order valence-corrected chi connectivity index (χ4v) is 4.78. The van der Waals surface area contributed by atoms with Crippen LogP contribution in [0.15, 0.2) is 44.9 Å². The number of hydrogen-bond acceptors (Lipinski definition) is 4. The molecule has 0 N–H and O–H groups in total. The van der Waals surface area contributed by atoms with Crippen molar-refractivity contribution in [3.8, 4) is 0 Å². The number of anilines is 1. The largest absolute Gasteiger partial charge is 0.330 e. The van der Waals surface area contributed by atoms with Crippen molar-refractivity contribution >= 4 is 43.4 Å². The molecule has 0 unspecified atom stereocenters. The van der Waals surface area contributed by atoms with Gasteiger partial charge in [0, 0.05) is 23.8 Å². The first-order valence-corrected chi connectivity index (χ1v) is 10.5. The minimum atomic E-state index is -3.44. The van der Waals surface area contributed by atoms with Crippen LogP contribution in [0.1, 0.15) is 12.0 Å². The second-order valence-electron chi connectivity index (χ2n) is 6.30. The van der Waals surface area contributed by atoms with E-state index in [0.717, 1.165) is 12.0 Å². The standard InChI is InChI=1S/C17H15BrFN3O3S/c18-13-8-11-2-1-5-22(16(11)14(19)9-13)17(23)12-3-4-15-20-26(24,25)7-6-21(15)10-12/h3-4,8-10H,1-2,5-7H2. The lowest BCUT2D eigenvalue weighted by Crippen LogP contribution is -2.40. The summed E-state index contributed by atoms with van der Waals surface area (Å²) < 4.78 is 42.0. The van der Waals surface area contributed by atoms with Crippen LogP contribution in [-0.2, 0) is 21.2 Å². The molecule has 0 aromatic heterocycles. The molecule has 26 heavy (non-hydrogen) atoms. The average molecular weight is 440 g/mol. The third-order valence-corrected chi connectivity index (χ3v) is 6.14. The third-order valence-electron chi connectivity index (χ3n) is 4.52. The molecule has 0 fully saturated rings. The number of hydrogen-bond donors (Lipinski definition) is 0. The predicted molar refractivity (Wildman–Crippen MR) is 99.9 cm³/mol. The topological polar surface area (TPSA) is 70.0 Å². The summed E-state index contributed by atoms with van der Waals surface area (Å²) in [5, 5.41) is 0. The van der Waals surface area contributed by atoms with E-state index < -0.39 is 15.8 Å². The van der Waals surface area contributed by atoms with E-state index >= 15 is 0 Å². The predicted octanol–water partition coefficient (Wildman–Crippen LogP) is 2.37. The smallest absolute Gasteiger partial charge is 0.259 e. The Kier molecular flexibility index (Phi) is 4.23. The van der Waals surface area contributed by atoms with Gasteiger partial charge in [0.1, 0.15) is 11.7 Å². The Balaban J connectivity index is 1.67. The molecule has 6 nitrogen and oxygen atoms in total. The number of carbonyl (C=O) groups is 1. The molecule has 0 spiro atoms. The van der Waals surface area contributed by atoms with Gasteiger partial charge < -0.3 is 9.80 Å². The molecule has 0 bridgehead atoms. The number of halogens is 2. The fraction of sp³-hybridized carbons (Fsp3) is 0.294. The Bertz CT molecular complexity index is 1000. The number of aryl methyl sites for hydroxylation is 1. The number of rotatable bonds is 1. The number of sulfonamides is 1. The van der Waals surface area contributed by atoms with Crippen LogP contribution in [0.3, 0.4) is 0 Å². The molecule has 0 saturated carbocycles. The van der Waals surface area contributed by atoms with Crippen molar-refractivity contribution in [3.05, 3.63) is 51.9 Å². The molecule has 0 saturated heterocycles. The summed E-state index contributed by atoms with van der Waals surface area (Å²) in [6.45, 7) is 0.672. The maximum atomic E-state index is 14.5. The van der Waals surface area contributed by atoms with Crippen LogP contribution in [0.2, 0.25) is 0 Å². The summed E-state index contributed by atoms with van der Waals surface area (Å²) in [4.78, 5) is 16.1. The van der Waals surface area contributed by atoms with E-state index in [1.807, 2.05) is 6.07 Å². The molecular weight excluding hydrogens is 425 g/mol. The number of benzene rings is 1. The van der Waals surface area contributed by atoms with E-state index in [-0.39, 0.29) is 18.2 Å². The number of nitrogens with zero attached hydrogens (tertiary/aromatic N) is 3. The summed E-state index contributed by atoms with van der Waals surface area (Å²) in [6.07, 6.45) is 6.09. The number of carbonyl (C=O) groups excluding carboxylic acids is 1. The summed E-state index contributed by atoms with van der Waals surface area (Å²) in [6, 6.07) is 3.19. The van der Waals surface area contributed by atoms with Gasteiger partial charge in [-0.25, -0.2) is 12.8 Å². The van der Waals surface area contributed by atoms with Gasteiger partial charge in [-0.3, -0.25) is 4.79 Å². The van der Waals surface area contributed by atoms with Gasteiger partial charge in [-0.1, -0.05) is 15.9 Å². The SMILES string of the molecule is O=C(C1=CN2CCS(=O)(=O)N=C2C=C1)N1CCCc2cc(Br)cc(F)c21. The van der Waals surface area contributed by atoms with Gasteiger partial charge in [0.2, 0.25) is 0 Å². The molecule has 4 rings (SSSR count). The average Bonchev–Trinajstić information content (AvgIpc) is 2.59. The van der Waals surface area contributed by atoms with E-state index in [1.54, 1.807) is 11.1 Å². The van der Waals surface area contributed by atoms with Crippen molar-refractivity contribution in [1.29, 1.82) is 0 Å². The number of amides is 1. The quantitative estimate of drug-likeness (QED) is 0.673. The number of amidine groups is 1. The molecule has 1 amide bonds. The summed E-state index contributed by atoms with van der Waals surface area (Å²) >= 11 is 3.29. The van der Waals surface area contributed by atoms with Gasteiger partial charge in [-0.05, 0) is 42.7 Å². The maximum absolute atomic E-state index is 14.5. The molecule has 136 valence electrons. The molecule has 9 heteroatoms. The minimum absolute atomic E-state index is 0.0997. The van der Waals surface area contributed by atoms with Crippen LogP contribution in [0.25, 0.3) is 0 Å². The van der Waals surface area contributed by atoms with Crippen molar-refractivity contribution in [2.45, 2.75) is 12.8 Å². The molecule has 1 aromatic rings. The Morgan fingerprint density at radius 3 is 2.85 bits per heavy atom. The summed E-state index contributed by atoms with van der Waals surface area (Å²) in [5.74, 6) is -0.552. The van der Waals surface area contributed by atoms with Crippen molar-refractivity contribution in [3.63, 3.8) is 0 Å². The maximum Gasteiger partial charge on any atom is 0.259 e. The highest BCUT2D eigenvalue weighted by atomic mass is 79.9. The van der Waals surface area contributed by atoms with Crippen molar-refractivity contribution in [2.24, 2.45) is 4.40 Å². The van der Waals surface area contributed by atoms with Crippen LogP contribution >= 0.6 is 15.9 Å². The zero-order valence-electron chi connectivity index (χ0n) is 13.7. The van der Waals surface area contributed by atoms with Gasteiger partial charge >= 0.3 is 0 Å². The Morgan fingerprint density at radius 2 is 2.04 bits per heavy atom. The third kappa shape index (κ3) is 3.09. The Hall–Kier alpha value is -2.00. The highest BCUT2D eigenvalue weighted by molar-refractivity contribution is 9.10. The highest BCUT2D eigenvalue weighted by Crippen LogP contribution is 2.34. The van der Waals surface area contributed by atoms with Gasteiger partial charge in [-0.2, -0.15) is 0 Å². The van der Waals surface area contributed by atoms with Crippen LogP contribution < -0.4 is 4.90 Å². The van der Waals surface area contributed by atoms with E-state index in [1.165, 1.54) is 23.1 Å². The van der Waals surface area contributed by atoms with E-state index in [9.17, 15) is 17.6 Å².